The van der Waals surface area contributed by atoms with Gasteiger partial charge in [0.15, 0.2) is 0 Å². The molecule has 4 rings (SSSR count). The van der Waals surface area contributed by atoms with Gasteiger partial charge < -0.3 is 10.2 Å². The van der Waals surface area contributed by atoms with E-state index in [1.165, 1.54) is 5.57 Å². The monoisotopic (exact) mass is 512 g/mol. The lowest BCUT2D eigenvalue weighted by Gasteiger charge is -2.58. The van der Waals surface area contributed by atoms with Crippen molar-refractivity contribution in [2.75, 3.05) is 0 Å². The van der Waals surface area contributed by atoms with E-state index in [0.717, 1.165) is 19.3 Å². The molecule has 200 valence electrons. The van der Waals surface area contributed by atoms with Gasteiger partial charge in [-0.25, -0.2) is 4.18 Å². The van der Waals surface area contributed by atoms with Gasteiger partial charge in [-0.3, -0.25) is 9.35 Å². The molecular formula is C27H44O7S. The largest absolute Gasteiger partial charge is 0.397 e. The highest BCUT2D eigenvalue weighted by atomic mass is 32.3. The lowest BCUT2D eigenvalue weighted by atomic mass is 9.47. The predicted octanol–water partition coefficient (Wildman–Crippen LogP) is 4.48. The van der Waals surface area contributed by atoms with Crippen LogP contribution < -0.4 is 0 Å². The van der Waals surface area contributed by atoms with Crippen LogP contribution in [0.2, 0.25) is 0 Å². The van der Waals surface area contributed by atoms with E-state index in [9.17, 15) is 23.4 Å². The molecule has 0 heterocycles. The van der Waals surface area contributed by atoms with Gasteiger partial charge in [0.1, 0.15) is 5.78 Å². The highest BCUT2D eigenvalue weighted by Crippen LogP contribution is 2.67. The van der Waals surface area contributed by atoms with Gasteiger partial charge in [-0.05, 0) is 92.3 Å². The van der Waals surface area contributed by atoms with Gasteiger partial charge in [-0.15, -0.1) is 0 Å². The van der Waals surface area contributed by atoms with E-state index >= 15 is 0 Å². The number of allylic oxidation sites excluding steroid dienone is 2. The Bertz CT molecular complexity index is 970. The van der Waals surface area contributed by atoms with Gasteiger partial charge in [0.25, 0.3) is 0 Å². The molecule has 0 aromatic carbocycles. The average Bonchev–Trinajstić information content (AvgIpc) is 3.05. The summed E-state index contributed by atoms with van der Waals surface area (Å²) >= 11 is 0. The fourth-order valence-corrected chi connectivity index (χ4v) is 9.39. The summed E-state index contributed by atoms with van der Waals surface area (Å²) in [7, 11) is -4.52. The van der Waals surface area contributed by atoms with Crippen LogP contribution in [0.5, 0.6) is 0 Å². The van der Waals surface area contributed by atoms with Crippen molar-refractivity contribution in [3.8, 4) is 0 Å². The van der Waals surface area contributed by atoms with Gasteiger partial charge in [-0.2, -0.15) is 8.42 Å². The SMILES string of the molecule is CC(C)CC(=O)CC(C)(O)C1CCC2C3CC(O)C4CC(OS(=O)(=O)O)CCC4(C)C3=CCC21C. The zero-order valence-electron chi connectivity index (χ0n) is 21.9. The van der Waals surface area contributed by atoms with Crippen LogP contribution in [-0.4, -0.2) is 46.8 Å². The highest BCUT2D eigenvalue weighted by molar-refractivity contribution is 7.80. The van der Waals surface area contributed by atoms with E-state index in [2.05, 4.69) is 19.9 Å². The summed E-state index contributed by atoms with van der Waals surface area (Å²) in [5.74, 6) is 0.853. The number of aliphatic hydroxyl groups is 2. The van der Waals surface area contributed by atoms with Crippen LogP contribution in [0, 0.1) is 40.4 Å². The first-order chi connectivity index (χ1) is 16.1. The molecule has 3 saturated carbocycles. The summed E-state index contributed by atoms with van der Waals surface area (Å²) < 4.78 is 36.5. The van der Waals surface area contributed by atoms with Crippen molar-refractivity contribution in [2.24, 2.45) is 40.4 Å². The third kappa shape index (κ3) is 5.02. The molecule has 0 saturated heterocycles. The first kappa shape index (κ1) is 27.2. The smallest absolute Gasteiger partial charge is 0.393 e. The Morgan fingerprint density at radius 2 is 1.89 bits per heavy atom. The first-order valence-corrected chi connectivity index (χ1v) is 14.7. The van der Waals surface area contributed by atoms with E-state index in [4.69, 9.17) is 8.74 Å². The van der Waals surface area contributed by atoms with Crippen LogP contribution >= 0.6 is 0 Å². The Balaban J connectivity index is 1.57. The Labute approximate surface area is 210 Å². The molecule has 3 N–H and O–H groups in total. The molecule has 0 aromatic heterocycles. The molecule has 9 unspecified atom stereocenters. The van der Waals surface area contributed by atoms with Crippen molar-refractivity contribution >= 4 is 16.2 Å². The summed E-state index contributed by atoms with van der Waals surface area (Å²) in [6, 6.07) is 0. The van der Waals surface area contributed by atoms with Gasteiger partial charge in [0.2, 0.25) is 0 Å². The number of fused-ring (bicyclic) bond motifs is 5. The lowest BCUT2D eigenvalue weighted by molar-refractivity contribution is -0.131. The maximum absolute atomic E-state index is 12.6. The van der Waals surface area contributed by atoms with Crippen LogP contribution in [0.3, 0.4) is 0 Å². The molecule has 0 radical (unpaired) electrons. The van der Waals surface area contributed by atoms with Crippen LogP contribution in [0.15, 0.2) is 11.6 Å². The molecule has 8 heteroatoms. The van der Waals surface area contributed by atoms with Crippen LogP contribution in [0.25, 0.3) is 0 Å². The molecule has 9 atom stereocenters. The summed E-state index contributed by atoms with van der Waals surface area (Å²) in [6.07, 6.45) is 6.75. The fraction of sp³-hybridized carbons (Fsp3) is 0.889. The second kappa shape index (κ2) is 9.19. The third-order valence-electron chi connectivity index (χ3n) is 10.2. The third-order valence-corrected chi connectivity index (χ3v) is 10.7. The van der Waals surface area contributed by atoms with Gasteiger partial charge in [0.05, 0.1) is 17.8 Å². The average molecular weight is 513 g/mol. The summed E-state index contributed by atoms with van der Waals surface area (Å²) in [4.78, 5) is 12.6. The quantitative estimate of drug-likeness (QED) is 0.340. The van der Waals surface area contributed by atoms with E-state index in [1.807, 2.05) is 20.8 Å². The molecule has 0 bridgehead atoms. The molecule has 35 heavy (non-hydrogen) atoms. The van der Waals surface area contributed by atoms with Gasteiger partial charge in [0, 0.05) is 12.8 Å². The Kier molecular flexibility index (Phi) is 7.15. The molecule has 7 nitrogen and oxygen atoms in total. The number of hydrogen-bond acceptors (Lipinski definition) is 6. The van der Waals surface area contributed by atoms with Crippen LogP contribution in [0.1, 0.15) is 92.4 Å². The summed E-state index contributed by atoms with van der Waals surface area (Å²) in [5.41, 5.74) is -0.0523. The maximum atomic E-state index is 12.6. The predicted molar refractivity (Wildman–Crippen MR) is 133 cm³/mol. The number of rotatable bonds is 7. The van der Waals surface area contributed by atoms with E-state index in [0.29, 0.717) is 38.0 Å². The number of aliphatic hydroxyl groups excluding tert-OH is 1. The maximum Gasteiger partial charge on any atom is 0.397 e. The molecule has 4 aliphatic carbocycles. The van der Waals surface area contributed by atoms with Gasteiger partial charge >= 0.3 is 10.4 Å². The van der Waals surface area contributed by atoms with Crippen molar-refractivity contribution in [2.45, 2.75) is 110 Å². The van der Waals surface area contributed by atoms with Crippen molar-refractivity contribution in [3.63, 3.8) is 0 Å². The van der Waals surface area contributed by atoms with E-state index < -0.39 is 28.2 Å². The van der Waals surface area contributed by atoms with Gasteiger partial charge in [-0.1, -0.05) is 39.3 Å². The number of ketones is 1. The molecule has 0 aliphatic heterocycles. The topological polar surface area (TPSA) is 121 Å². The van der Waals surface area contributed by atoms with Crippen LogP contribution in [0.4, 0.5) is 0 Å². The zero-order valence-corrected chi connectivity index (χ0v) is 22.7. The molecule has 4 aliphatic rings. The minimum Gasteiger partial charge on any atom is -0.393 e. The number of carbonyl (C=O) groups is 1. The summed E-state index contributed by atoms with van der Waals surface area (Å²) in [6.45, 7) is 10.3. The first-order valence-electron chi connectivity index (χ1n) is 13.3. The Morgan fingerprint density at radius 1 is 1.20 bits per heavy atom. The van der Waals surface area contributed by atoms with Crippen molar-refractivity contribution in [1.29, 1.82) is 0 Å². The second-order valence-electron chi connectivity index (χ2n) is 13.1. The molecular weight excluding hydrogens is 468 g/mol. The minimum absolute atomic E-state index is 0.0236. The molecule has 0 spiro atoms. The zero-order chi connectivity index (χ0) is 26.0. The molecule has 3 fully saturated rings. The molecule has 0 amide bonds. The lowest BCUT2D eigenvalue weighted by Crippen LogP contribution is -2.55. The van der Waals surface area contributed by atoms with E-state index in [-0.39, 0.29) is 46.7 Å². The molecule has 0 aromatic rings. The number of hydrogen-bond donors (Lipinski definition) is 3. The normalized spacial score (nSPS) is 43.1. The standard InChI is InChI=1S/C27H44O7S/c1-16(2)12-17(28)15-27(5,30)24-7-6-20-19-14-23(29)22-13-18(34-35(31,32)33)8-10-25(22,3)21(19)9-11-26(20,24)4/h9,16,18-20,22-24,29-30H,6-8,10-15H2,1-5H3,(H,31,32,33). The highest BCUT2D eigenvalue weighted by Gasteiger charge is 2.61. The number of Topliss-reactive ketones (excluding diaryl/α,β-unsaturated/α-hetero) is 1. The van der Waals surface area contributed by atoms with Crippen LogP contribution in [-0.2, 0) is 19.4 Å². The van der Waals surface area contributed by atoms with Crippen molar-refractivity contribution in [1.82, 2.24) is 0 Å². The second-order valence-corrected chi connectivity index (χ2v) is 14.2. The van der Waals surface area contributed by atoms with Crippen molar-refractivity contribution in [3.05, 3.63) is 11.6 Å². The van der Waals surface area contributed by atoms with E-state index in [1.54, 1.807) is 0 Å². The Hall–Kier alpha value is -0.800. The fourth-order valence-electron chi connectivity index (χ4n) is 8.87. The van der Waals surface area contributed by atoms with Crippen molar-refractivity contribution < 1.29 is 32.2 Å². The number of carbonyl (C=O) groups excluding carboxylic acids is 1. The Morgan fingerprint density at radius 3 is 2.51 bits per heavy atom. The minimum atomic E-state index is -4.52. The summed E-state index contributed by atoms with van der Waals surface area (Å²) in [5, 5.41) is 22.8.